The highest BCUT2D eigenvalue weighted by Crippen LogP contribution is 2.23. The summed E-state index contributed by atoms with van der Waals surface area (Å²) in [7, 11) is 0. The molecule has 0 amide bonds. The first-order valence-corrected chi connectivity index (χ1v) is 7.72. The van der Waals surface area contributed by atoms with Gasteiger partial charge in [-0.3, -0.25) is 0 Å². The zero-order valence-corrected chi connectivity index (χ0v) is 13.9. The molecular weight excluding hydrogens is 320 g/mol. The van der Waals surface area contributed by atoms with Crippen molar-refractivity contribution in [2.75, 3.05) is 0 Å². The lowest BCUT2D eigenvalue weighted by Gasteiger charge is -2.08. The lowest BCUT2D eigenvalue weighted by Crippen LogP contribution is -2.14. The Balaban J connectivity index is 0.00000169. The van der Waals surface area contributed by atoms with Crippen LogP contribution in [0.15, 0.2) is 67.0 Å². The Morgan fingerprint density at radius 1 is 1.00 bits per heavy atom. The van der Waals surface area contributed by atoms with Gasteiger partial charge in [0.15, 0.2) is 0 Å². The van der Waals surface area contributed by atoms with Crippen LogP contribution < -0.4 is 5.73 Å². The first-order chi connectivity index (χ1) is 11.3. The summed E-state index contributed by atoms with van der Waals surface area (Å²) >= 11 is 0. The van der Waals surface area contributed by atoms with Gasteiger partial charge in [0.2, 0.25) is 0 Å². The van der Waals surface area contributed by atoms with Gasteiger partial charge in [-0.15, -0.1) is 12.4 Å². The molecule has 2 aromatic heterocycles. The summed E-state index contributed by atoms with van der Waals surface area (Å²) in [6.07, 6.45) is 4.62. The van der Waals surface area contributed by atoms with Crippen molar-refractivity contribution in [2.45, 2.75) is 12.5 Å². The smallest absolute Gasteiger partial charge is 0.123 e. The van der Waals surface area contributed by atoms with Crippen LogP contribution in [-0.2, 0) is 6.42 Å². The summed E-state index contributed by atoms with van der Waals surface area (Å²) < 4.78 is 0. The van der Waals surface area contributed by atoms with E-state index in [0.717, 1.165) is 29.0 Å². The molecular formula is C19H19ClN4. The van der Waals surface area contributed by atoms with Gasteiger partial charge in [0.1, 0.15) is 5.82 Å². The van der Waals surface area contributed by atoms with Gasteiger partial charge in [-0.1, -0.05) is 48.5 Å². The third-order valence-corrected chi connectivity index (χ3v) is 4.15. The molecule has 1 unspecified atom stereocenters. The fourth-order valence-corrected chi connectivity index (χ4v) is 2.92. The summed E-state index contributed by atoms with van der Waals surface area (Å²) in [5.74, 6) is 0.814. The molecule has 2 heterocycles. The van der Waals surface area contributed by atoms with Gasteiger partial charge in [0, 0.05) is 17.1 Å². The Morgan fingerprint density at radius 3 is 2.58 bits per heavy atom. The molecule has 2 aromatic carbocycles. The molecule has 5 heteroatoms. The third kappa shape index (κ3) is 3.07. The van der Waals surface area contributed by atoms with Gasteiger partial charge < -0.3 is 15.7 Å². The van der Waals surface area contributed by atoms with E-state index < -0.39 is 0 Å². The van der Waals surface area contributed by atoms with Gasteiger partial charge in [-0.05, 0) is 23.6 Å². The number of halogens is 1. The van der Waals surface area contributed by atoms with Crippen molar-refractivity contribution >= 4 is 23.3 Å². The Bertz CT molecular complexity index is 927. The number of nitrogens with zero attached hydrogens (tertiary/aromatic N) is 1. The van der Waals surface area contributed by atoms with Crippen LogP contribution in [0.1, 0.15) is 17.4 Å². The highest BCUT2D eigenvalue weighted by molar-refractivity contribution is 5.85. The SMILES string of the molecule is Cl.NC(Cc1c[nH]c2ccccc12)c1ncc(-c2ccccc2)[nH]1. The van der Waals surface area contributed by atoms with Crippen molar-refractivity contribution < 1.29 is 0 Å². The number of rotatable bonds is 4. The summed E-state index contributed by atoms with van der Waals surface area (Å²) in [6.45, 7) is 0. The average Bonchev–Trinajstić information content (AvgIpc) is 3.24. The van der Waals surface area contributed by atoms with Crippen molar-refractivity contribution in [1.29, 1.82) is 0 Å². The normalized spacial score (nSPS) is 12.0. The Kier molecular flexibility index (Phi) is 4.69. The van der Waals surface area contributed by atoms with E-state index in [9.17, 15) is 0 Å². The summed E-state index contributed by atoms with van der Waals surface area (Å²) in [5, 5.41) is 1.22. The zero-order valence-electron chi connectivity index (χ0n) is 13.1. The number of fused-ring (bicyclic) bond motifs is 1. The third-order valence-electron chi connectivity index (χ3n) is 4.15. The van der Waals surface area contributed by atoms with Crippen molar-refractivity contribution in [3.63, 3.8) is 0 Å². The van der Waals surface area contributed by atoms with E-state index in [-0.39, 0.29) is 18.4 Å². The quantitative estimate of drug-likeness (QED) is 0.521. The van der Waals surface area contributed by atoms with E-state index in [1.807, 2.05) is 42.7 Å². The molecule has 24 heavy (non-hydrogen) atoms. The van der Waals surface area contributed by atoms with Crippen LogP contribution in [0.4, 0.5) is 0 Å². The fraction of sp³-hybridized carbons (Fsp3) is 0.105. The molecule has 0 fully saturated rings. The summed E-state index contributed by atoms with van der Waals surface area (Å²) in [5.41, 5.74) is 10.8. The highest BCUT2D eigenvalue weighted by Gasteiger charge is 2.14. The minimum Gasteiger partial charge on any atom is -0.361 e. The maximum absolute atomic E-state index is 6.36. The van der Waals surface area contributed by atoms with Crippen LogP contribution >= 0.6 is 12.4 Å². The number of aromatic nitrogens is 3. The zero-order chi connectivity index (χ0) is 15.6. The molecule has 4 N–H and O–H groups in total. The molecule has 0 radical (unpaired) electrons. The van der Waals surface area contributed by atoms with Gasteiger partial charge in [-0.2, -0.15) is 0 Å². The van der Waals surface area contributed by atoms with Gasteiger partial charge in [0.05, 0.1) is 17.9 Å². The number of hydrogen-bond donors (Lipinski definition) is 3. The van der Waals surface area contributed by atoms with Crippen molar-refractivity contribution in [3.8, 4) is 11.3 Å². The van der Waals surface area contributed by atoms with Gasteiger partial charge in [0.25, 0.3) is 0 Å². The standard InChI is InChI=1S/C19H18N4.ClH/c20-16(10-14-11-21-17-9-5-4-8-15(14)17)19-22-12-18(23-19)13-6-2-1-3-7-13;/h1-9,11-12,16,21H,10,20H2,(H,22,23);1H. The lowest BCUT2D eigenvalue weighted by atomic mass is 10.1. The number of imidazole rings is 1. The Morgan fingerprint density at radius 2 is 1.75 bits per heavy atom. The van der Waals surface area contributed by atoms with Crippen LogP contribution in [0.3, 0.4) is 0 Å². The molecule has 0 saturated heterocycles. The predicted octanol–water partition coefficient (Wildman–Crippen LogP) is 4.22. The maximum Gasteiger partial charge on any atom is 0.123 e. The first kappa shape index (κ1) is 16.3. The molecule has 0 spiro atoms. The molecule has 0 aliphatic carbocycles. The predicted molar refractivity (Wildman–Crippen MR) is 100 cm³/mol. The number of hydrogen-bond acceptors (Lipinski definition) is 2. The van der Waals surface area contributed by atoms with Crippen LogP contribution in [0.25, 0.3) is 22.2 Å². The Labute approximate surface area is 146 Å². The number of nitrogens with one attached hydrogen (secondary N) is 2. The van der Waals surface area contributed by atoms with Crippen molar-refractivity contribution in [3.05, 3.63) is 78.4 Å². The molecule has 4 nitrogen and oxygen atoms in total. The molecule has 0 aliphatic rings. The topological polar surface area (TPSA) is 70.5 Å². The fourth-order valence-electron chi connectivity index (χ4n) is 2.92. The van der Waals surface area contributed by atoms with Crippen molar-refractivity contribution in [1.82, 2.24) is 15.0 Å². The van der Waals surface area contributed by atoms with Crippen LogP contribution in [0, 0.1) is 0 Å². The van der Waals surface area contributed by atoms with E-state index in [4.69, 9.17) is 5.73 Å². The van der Waals surface area contributed by atoms with E-state index in [1.54, 1.807) is 0 Å². The summed E-state index contributed by atoms with van der Waals surface area (Å²) in [4.78, 5) is 11.1. The van der Waals surface area contributed by atoms with Crippen LogP contribution in [0.5, 0.6) is 0 Å². The number of para-hydroxylation sites is 1. The number of benzene rings is 2. The number of aromatic amines is 2. The monoisotopic (exact) mass is 338 g/mol. The molecule has 4 rings (SSSR count). The molecule has 0 aliphatic heterocycles. The lowest BCUT2D eigenvalue weighted by molar-refractivity contribution is 0.680. The first-order valence-electron chi connectivity index (χ1n) is 7.72. The molecule has 1 atom stereocenters. The van der Waals surface area contributed by atoms with Gasteiger partial charge in [-0.25, -0.2) is 4.98 Å². The molecule has 4 aromatic rings. The largest absolute Gasteiger partial charge is 0.361 e. The molecule has 122 valence electrons. The molecule has 0 saturated carbocycles. The van der Waals surface area contributed by atoms with Crippen LogP contribution in [0.2, 0.25) is 0 Å². The number of nitrogens with two attached hydrogens (primary N) is 1. The van der Waals surface area contributed by atoms with E-state index in [2.05, 4.69) is 39.2 Å². The minimum atomic E-state index is -0.160. The van der Waals surface area contributed by atoms with Crippen molar-refractivity contribution in [2.24, 2.45) is 5.73 Å². The second kappa shape index (κ2) is 6.91. The number of H-pyrrole nitrogens is 2. The summed E-state index contributed by atoms with van der Waals surface area (Å²) in [6, 6.07) is 18.3. The minimum absolute atomic E-state index is 0. The van der Waals surface area contributed by atoms with E-state index >= 15 is 0 Å². The highest BCUT2D eigenvalue weighted by atomic mass is 35.5. The van der Waals surface area contributed by atoms with Gasteiger partial charge >= 0.3 is 0 Å². The average molecular weight is 339 g/mol. The van der Waals surface area contributed by atoms with E-state index in [0.29, 0.717) is 0 Å². The second-order valence-electron chi connectivity index (χ2n) is 5.72. The molecule has 0 bridgehead atoms. The van der Waals surface area contributed by atoms with E-state index in [1.165, 1.54) is 10.9 Å². The second-order valence-corrected chi connectivity index (χ2v) is 5.72. The Hall–Kier alpha value is -2.56. The maximum atomic E-state index is 6.36. The van der Waals surface area contributed by atoms with Crippen LogP contribution in [-0.4, -0.2) is 15.0 Å².